The number of piperazine rings is 1. The van der Waals surface area contributed by atoms with Gasteiger partial charge in [-0.3, -0.25) is 0 Å². The standard InChI is InChI=1S/C14H18BrFN2/c1-9-7-17-13(10-2-3-10)8-18(9)14-5-4-11(15)6-12(14)16/h4-6,9-10,13,17H,2-3,7-8H2,1H3. The number of nitrogens with one attached hydrogen (secondary N) is 1. The Labute approximate surface area is 116 Å². The molecule has 2 aliphatic rings. The minimum absolute atomic E-state index is 0.132. The summed E-state index contributed by atoms with van der Waals surface area (Å²) in [5.74, 6) is 0.672. The fraction of sp³-hybridized carbons (Fsp3) is 0.571. The van der Waals surface area contributed by atoms with Crippen molar-refractivity contribution in [3.8, 4) is 0 Å². The van der Waals surface area contributed by atoms with E-state index in [2.05, 4.69) is 33.1 Å². The first-order valence-corrected chi connectivity index (χ1v) is 7.39. The molecular formula is C14H18BrFN2. The van der Waals surface area contributed by atoms with E-state index in [-0.39, 0.29) is 5.82 Å². The molecule has 1 saturated heterocycles. The molecule has 2 fully saturated rings. The van der Waals surface area contributed by atoms with E-state index >= 15 is 0 Å². The number of nitrogens with zero attached hydrogens (tertiary/aromatic N) is 1. The molecule has 1 aliphatic carbocycles. The summed E-state index contributed by atoms with van der Waals surface area (Å²) in [5, 5.41) is 3.59. The molecule has 1 heterocycles. The Balaban J connectivity index is 1.83. The second kappa shape index (κ2) is 4.82. The van der Waals surface area contributed by atoms with Crippen molar-refractivity contribution in [3.05, 3.63) is 28.5 Å². The second-order valence-corrected chi connectivity index (χ2v) is 6.36. The lowest BCUT2D eigenvalue weighted by Gasteiger charge is -2.40. The maximum atomic E-state index is 14.1. The molecule has 3 rings (SSSR count). The molecular weight excluding hydrogens is 295 g/mol. The number of hydrogen-bond donors (Lipinski definition) is 1. The first-order valence-electron chi connectivity index (χ1n) is 6.60. The van der Waals surface area contributed by atoms with Gasteiger partial charge in [0, 0.05) is 29.6 Å². The zero-order valence-electron chi connectivity index (χ0n) is 10.5. The van der Waals surface area contributed by atoms with Crippen LogP contribution in [0, 0.1) is 11.7 Å². The van der Waals surface area contributed by atoms with Crippen molar-refractivity contribution in [2.24, 2.45) is 5.92 Å². The summed E-state index contributed by atoms with van der Waals surface area (Å²) in [6.45, 7) is 4.01. The fourth-order valence-corrected chi connectivity index (χ4v) is 3.09. The van der Waals surface area contributed by atoms with E-state index in [1.807, 2.05) is 12.1 Å². The number of rotatable bonds is 2. The normalized spacial score (nSPS) is 28.5. The van der Waals surface area contributed by atoms with Crippen LogP contribution in [0.25, 0.3) is 0 Å². The van der Waals surface area contributed by atoms with Crippen LogP contribution in [0.15, 0.2) is 22.7 Å². The average molecular weight is 313 g/mol. The Morgan fingerprint density at radius 3 is 2.83 bits per heavy atom. The fourth-order valence-electron chi connectivity index (χ4n) is 2.75. The lowest BCUT2D eigenvalue weighted by Crippen LogP contribution is -2.56. The third kappa shape index (κ3) is 2.41. The van der Waals surface area contributed by atoms with Crippen molar-refractivity contribution >= 4 is 21.6 Å². The van der Waals surface area contributed by atoms with E-state index in [9.17, 15) is 4.39 Å². The number of halogens is 2. The molecule has 2 unspecified atom stereocenters. The average Bonchev–Trinajstić information content (AvgIpc) is 3.14. The number of anilines is 1. The van der Waals surface area contributed by atoms with Gasteiger partial charge in [-0.2, -0.15) is 0 Å². The van der Waals surface area contributed by atoms with Gasteiger partial charge >= 0.3 is 0 Å². The van der Waals surface area contributed by atoms with Crippen molar-refractivity contribution in [2.45, 2.75) is 31.8 Å². The third-order valence-electron chi connectivity index (χ3n) is 4.01. The van der Waals surface area contributed by atoms with E-state index in [0.717, 1.165) is 29.2 Å². The van der Waals surface area contributed by atoms with Crippen LogP contribution in [0.5, 0.6) is 0 Å². The van der Waals surface area contributed by atoms with Crippen LogP contribution in [0.3, 0.4) is 0 Å². The Morgan fingerprint density at radius 1 is 1.39 bits per heavy atom. The van der Waals surface area contributed by atoms with Gasteiger partial charge in [0.2, 0.25) is 0 Å². The molecule has 1 aromatic rings. The van der Waals surface area contributed by atoms with Crippen molar-refractivity contribution in [1.82, 2.24) is 5.32 Å². The Hall–Kier alpha value is -0.610. The van der Waals surface area contributed by atoms with Crippen LogP contribution < -0.4 is 10.2 Å². The van der Waals surface area contributed by atoms with Gasteiger partial charge in [-0.25, -0.2) is 4.39 Å². The summed E-state index contributed by atoms with van der Waals surface area (Å²) < 4.78 is 14.9. The minimum Gasteiger partial charge on any atom is -0.364 e. The van der Waals surface area contributed by atoms with E-state index in [1.165, 1.54) is 12.8 Å². The highest BCUT2D eigenvalue weighted by atomic mass is 79.9. The summed E-state index contributed by atoms with van der Waals surface area (Å²) in [4.78, 5) is 2.21. The van der Waals surface area contributed by atoms with E-state index < -0.39 is 0 Å². The first kappa shape index (κ1) is 12.4. The molecule has 0 amide bonds. The molecule has 0 aromatic heterocycles. The van der Waals surface area contributed by atoms with Gasteiger partial charge in [-0.15, -0.1) is 0 Å². The van der Waals surface area contributed by atoms with Crippen LogP contribution >= 0.6 is 15.9 Å². The zero-order valence-corrected chi connectivity index (χ0v) is 12.1. The maximum absolute atomic E-state index is 14.1. The highest BCUT2D eigenvalue weighted by Gasteiger charge is 2.36. The predicted molar refractivity (Wildman–Crippen MR) is 75.4 cm³/mol. The van der Waals surface area contributed by atoms with Crippen LogP contribution in [-0.4, -0.2) is 25.2 Å². The van der Waals surface area contributed by atoms with Crippen molar-refractivity contribution < 1.29 is 4.39 Å². The third-order valence-corrected chi connectivity index (χ3v) is 4.50. The lowest BCUT2D eigenvalue weighted by atomic mass is 10.1. The molecule has 1 saturated carbocycles. The molecule has 0 radical (unpaired) electrons. The first-order chi connectivity index (χ1) is 8.65. The number of hydrogen-bond acceptors (Lipinski definition) is 2. The van der Waals surface area contributed by atoms with Gasteiger partial charge in [0.05, 0.1) is 5.69 Å². The summed E-state index contributed by atoms with van der Waals surface area (Å²) >= 11 is 3.31. The van der Waals surface area contributed by atoms with Crippen LogP contribution in [0.2, 0.25) is 0 Å². The topological polar surface area (TPSA) is 15.3 Å². The summed E-state index contributed by atoms with van der Waals surface area (Å²) in [6, 6.07) is 6.22. The monoisotopic (exact) mass is 312 g/mol. The Bertz CT molecular complexity index is 447. The predicted octanol–water partition coefficient (Wildman–Crippen LogP) is 3.16. The molecule has 2 atom stereocenters. The van der Waals surface area contributed by atoms with E-state index in [4.69, 9.17) is 0 Å². The van der Waals surface area contributed by atoms with E-state index in [0.29, 0.717) is 12.1 Å². The summed E-state index contributed by atoms with van der Waals surface area (Å²) in [6.07, 6.45) is 2.64. The maximum Gasteiger partial charge on any atom is 0.147 e. The highest BCUT2D eigenvalue weighted by molar-refractivity contribution is 9.10. The molecule has 1 N–H and O–H groups in total. The largest absolute Gasteiger partial charge is 0.364 e. The lowest BCUT2D eigenvalue weighted by molar-refractivity contribution is 0.373. The molecule has 4 heteroatoms. The Morgan fingerprint density at radius 2 is 2.17 bits per heavy atom. The van der Waals surface area contributed by atoms with Gasteiger partial charge in [0.25, 0.3) is 0 Å². The van der Waals surface area contributed by atoms with Gasteiger partial charge in [-0.1, -0.05) is 15.9 Å². The summed E-state index contributed by atoms with van der Waals surface area (Å²) in [5.41, 5.74) is 0.734. The smallest absolute Gasteiger partial charge is 0.147 e. The van der Waals surface area contributed by atoms with Gasteiger partial charge in [-0.05, 0) is 43.9 Å². The quantitative estimate of drug-likeness (QED) is 0.902. The molecule has 18 heavy (non-hydrogen) atoms. The molecule has 0 spiro atoms. The van der Waals surface area contributed by atoms with Gasteiger partial charge < -0.3 is 10.2 Å². The van der Waals surface area contributed by atoms with Gasteiger partial charge in [0.15, 0.2) is 0 Å². The van der Waals surface area contributed by atoms with Crippen molar-refractivity contribution in [3.63, 3.8) is 0 Å². The van der Waals surface area contributed by atoms with Crippen molar-refractivity contribution in [2.75, 3.05) is 18.0 Å². The number of benzene rings is 1. The Kier molecular flexibility index (Phi) is 3.32. The SMILES string of the molecule is CC1CNC(C2CC2)CN1c1ccc(Br)cc1F. The molecule has 1 aliphatic heterocycles. The van der Waals surface area contributed by atoms with Crippen LogP contribution in [0.1, 0.15) is 19.8 Å². The molecule has 0 bridgehead atoms. The summed E-state index contributed by atoms with van der Waals surface area (Å²) in [7, 11) is 0. The highest BCUT2D eigenvalue weighted by Crippen LogP contribution is 2.35. The van der Waals surface area contributed by atoms with Crippen LogP contribution in [-0.2, 0) is 0 Å². The zero-order chi connectivity index (χ0) is 12.7. The molecule has 1 aromatic carbocycles. The molecule has 98 valence electrons. The molecule has 2 nitrogen and oxygen atoms in total. The van der Waals surface area contributed by atoms with Crippen LogP contribution in [0.4, 0.5) is 10.1 Å². The van der Waals surface area contributed by atoms with Gasteiger partial charge in [0.1, 0.15) is 5.82 Å². The van der Waals surface area contributed by atoms with Crippen molar-refractivity contribution in [1.29, 1.82) is 0 Å². The second-order valence-electron chi connectivity index (χ2n) is 5.45. The minimum atomic E-state index is -0.132. The van der Waals surface area contributed by atoms with E-state index in [1.54, 1.807) is 6.07 Å².